The maximum Gasteiger partial charge on any atom is 0.0904 e. The molecule has 3 N–H and O–H groups in total. The molecule has 1 aliphatic carbocycles. The summed E-state index contributed by atoms with van der Waals surface area (Å²) in [6, 6.07) is -0.0284. The van der Waals surface area contributed by atoms with E-state index in [0.29, 0.717) is 5.92 Å². The largest absolute Gasteiger partial charge is 0.379 e. The summed E-state index contributed by atoms with van der Waals surface area (Å²) < 4.78 is 8.34. The molecule has 1 aromatic rings. The van der Waals surface area contributed by atoms with Gasteiger partial charge in [0.15, 0.2) is 0 Å². The van der Waals surface area contributed by atoms with Crippen molar-refractivity contribution in [3.63, 3.8) is 0 Å². The van der Waals surface area contributed by atoms with Crippen molar-refractivity contribution in [3.8, 4) is 0 Å². The van der Waals surface area contributed by atoms with Gasteiger partial charge in [0, 0.05) is 14.2 Å². The third kappa shape index (κ3) is 2.15. The number of rotatable bonds is 5. The molecule has 1 saturated carbocycles. The van der Waals surface area contributed by atoms with Gasteiger partial charge in [-0.1, -0.05) is 0 Å². The standard InChI is InChI=1S/C10H17BrN4O/c1-15-9(7(11)5-13-15)8(14-12)10(16-2)6-3-4-6/h5-6,8,10,14H,3-4,12H2,1-2H3. The highest BCUT2D eigenvalue weighted by molar-refractivity contribution is 9.10. The first-order chi connectivity index (χ1) is 7.69. The van der Waals surface area contributed by atoms with E-state index in [1.165, 1.54) is 12.8 Å². The third-order valence-electron chi connectivity index (χ3n) is 3.10. The fourth-order valence-corrected chi connectivity index (χ4v) is 2.72. The highest BCUT2D eigenvalue weighted by Crippen LogP contribution is 2.40. The van der Waals surface area contributed by atoms with Crippen molar-refractivity contribution in [3.05, 3.63) is 16.4 Å². The lowest BCUT2D eigenvalue weighted by Crippen LogP contribution is -2.40. The maximum absolute atomic E-state index is 5.65. The second-order valence-corrected chi connectivity index (χ2v) is 5.04. The molecule has 5 nitrogen and oxygen atoms in total. The Balaban J connectivity index is 2.27. The molecule has 0 bridgehead atoms. The molecule has 1 fully saturated rings. The lowest BCUT2D eigenvalue weighted by Gasteiger charge is -2.25. The van der Waals surface area contributed by atoms with Gasteiger partial charge in [0.25, 0.3) is 0 Å². The molecule has 2 atom stereocenters. The molecular formula is C10H17BrN4O. The van der Waals surface area contributed by atoms with Crippen LogP contribution in [0.1, 0.15) is 24.6 Å². The summed E-state index contributed by atoms with van der Waals surface area (Å²) in [4.78, 5) is 0. The zero-order chi connectivity index (χ0) is 11.7. The molecule has 6 heteroatoms. The van der Waals surface area contributed by atoms with Gasteiger partial charge in [0.2, 0.25) is 0 Å². The second kappa shape index (κ2) is 4.83. The molecule has 0 amide bonds. The molecule has 0 aliphatic heterocycles. The van der Waals surface area contributed by atoms with E-state index in [2.05, 4.69) is 26.5 Å². The molecule has 0 radical (unpaired) electrons. The first-order valence-corrected chi connectivity index (χ1v) is 6.14. The molecule has 2 rings (SSSR count). The summed E-state index contributed by atoms with van der Waals surface area (Å²) in [6.07, 6.45) is 4.31. The maximum atomic E-state index is 5.65. The fourth-order valence-electron chi connectivity index (χ4n) is 2.12. The highest BCUT2D eigenvalue weighted by atomic mass is 79.9. The van der Waals surface area contributed by atoms with Crippen LogP contribution >= 0.6 is 15.9 Å². The van der Waals surface area contributed by atoms with Crippen molar-refractivity contribution in [2.75, 3.05) is 7.11 Å². The van der Waals surface area contributed by atoms with E-state index in [1.54, 1.807) is 13.3 Å². The smallest absolute Gasteiger partial charge is 0.0904 e. The molecule has 2 unspecified atom stereocenters. The van der Waals surface area contributed by atoms with E-state index in [9.17, 15) is 0 Å². The van der Waals surface area contributed by atoms with Crippen molar-refractivity contribution >= 4 is 15.9 Å². The zero-order valence-corrected chi connectivity index (χ0v) is 11.1. The number of hydrogen-bond acceptors (Lipinski definition) is 4. The monoisotopic (exact) mass is 288 g/mol. The first-order valence-electron chi connectivity index (χ1n) is 5.35. The Labute approximate surface area is 103 Å². The topological polar surface area (TPSA) is 65.1 Å². The molecule has 16 heavy (non-hydrogen) atoms. The van der Waals surface area contributed by atoms with Gasteiger partial charge in [0.05, 0.1) is 28.5 Å². The Hall–Kier alpha value is -0.430. The number of aromatic nitrogens is 2. The summed E-state index contributed by atoms with van der Waals surface area (Å²) in [5.74, 6) is 6.26. The van der Waals surface area contributed by atoms with E-state index in [0.717, 1.165) is 10.2 Å². The van der Waals surface area contributed by atoms with Crippen LogP contribution in [-0.2, 0) is 11.8 Å². The molecule has 0 aromatic carbocycles. The Kier molecular flexibility index (Phi) is 3.63. The average Bonchev–Trinajstić information content (AvgIpc) is 3.05. The minimum Gasteiger partial charge on any atom is -0.379 e. The second-order valence-electron chi connectivity index (χ2n) is 4.18. The molecule has 1 heterocycles. The van der Waals surface area contributed by atoms with Crippen molar-refractivity contribution in [2.45, 2.75) is 25.0 Å². The van der Waals surface area contributed by atoms with Gasteiger partial charge in [-0.05, 0) is 34.7 Å². The number of hydrogen-bond donors (Lipinski definition) is 2. The summed E-state index contributed by atoms with van der Waals surface area (Å²) in [7, 11) is 3.64. The molecule has 1 aromatic heterocycles. The summed E-state index contributed by atoms with van der Waals surface area (Å²) in [5.41, 5.74) is 3.87. The number of methoxy groups -OCH3 is 1. The zero-order valence-electron chi connectivity index (χ0n) is 9.48. The van der Waals surface area contributed by atoms with Crippen LogP contribution in [0.15, 0.2) is 10.7 Å². The Morgan fingerprint density at radius 2 is 2.38 bits per heavy atom. The minimum atomic E-state index is -0.0284. The first kappa shape index (κ1) is 12.0. The van der Waals surface area contributed by atoms with Crippen LogP contribution in [-0.4, -0.2) is 23.0 Å². The van der Waals surface area contributed by atoms with E-state index in [-0.39, 0.29) is 12.1 Å². The summed E-state index contributed by atoms with van der Waals surface area (Å²) in [5, 5.41) is 4.20. The predicted octanol–water partition coefficient (Wildman–Crippen LogP) is 1.11. The molecule has 0 saturated heterocycles. The van der Waals surface area contributed by atoms with Crippen LogP contribution in [0.2, 0.25) is 0 Å². The van der Waals surface area contributed by atoms with Gasteiger partial charge in [-0.2, -0.15) is 5.10 Å². The van der Waals surface area contributed by atoms with Crippen LogP contribution in [0, 0.1) is 5.92 Å². The normalized spacial score (nSPS) is 19.8. The summed E-state index contributed by atoms with van der Waals surface area (Å²) in [6.45, 7) is 0. The quantitative estimate of drug-likeness (QED) is 0.629. The molecule has 90 valence electrons. The van der Waals surface area contributed by atoms with Crippen LogP contribution in [0.4, 0.5) is 0 Å². The highest BCUT2D eigenvalue weighted by Gasteiger charge is 2.39. The molecular weight excluding hydrogens is 272 g/mol. The summed E-state index contributed by atoms with van der Waals surface area (Å²) >= 11 is 3.49. The van der Waals surface area contributed by atoms with Gasteiger partial charge >= 0.3 is 0 Å². The van der Waals surface area contributed by atoms with Crippen LogP contribution in [0.25, 0.3) is 0 Å². The van der Waals surface area contributed by atoms with E-state index < -0.39 is 0 Å². The Bertz CT molecular complexity index is 344. The molecule has 1 aliphatic rings. The van der Waals surface area contributed by atoms with Crippen molar-refractivity contribution in [1.29, 1.82) is 0 Å². The van der Waals surface area contributed by atoms with Crippen LogP contribution in [0.5, 0.6) is 0 Å². The number of halogens is 1. The van der Waals surface area contributed by atoms with Crippen LogP contribution < -0.4 is 11.3 Å². The average molecular weight is 289 g/mol. The minimum absolute atomic E-state index is 0.0284. The third-order valence-corrected chi connectivity index (χ3v) is 3.71. The lowest BCUT2D eigenvalue weighted by molar-refractivity contribution is 0.0480. The van der Waals surface area contributed by atoms with Gasteiger partial charge in [-0.3, -0.25) is 10.5 Å². The van der Waals surface area contributed by atoms with Crippen molar-refractivity contribution in [2.24, 2.45) is 18.8 Å². The fraction of sp³-hybridized carbons (Fsp3) is 0.700. The van der Waals surface area contributed by atoms with E-state index in [4.69, 9.17) is 10.6 Å². The number of nitrogens with zero attached hydrogens (tertiary/aromatic N) is 2. The number of hydrazine groups is 1. The van der Waals surface area contributed by atoms with Crippen molar-refractivity contribution < 1.29 is 4.74 Å². The van der Waals surface area contributed by atoms with Crippen LogP contribution in [0.3, 0.4) is 0 Å². The SMILES string of the molecule is COC(C1CC1)C(NN)c1c(Br)cnn1C. The van der Waals surface area contributed by atoms with Gasteiger partial charge in [-0.25, -0.2) is 5.43 Å². The molecule has 0 spiro atoms. The number of nitrogens with two attached hydrogens (primary N) is 1. The van der Waals surface area contributed by atoms with Gasteiger partial charge < -0.3 is 4.74 Å². The predicted molar refractivity (Wildman–Crippen MR) is 64.5 cm³/mol. The number of aryl methyl sites for hydroxylation is 1. The van der Waals surface area contributed by atoms with Gasteiger partial charge in [-0.15, -0.1) is 0 Å². The van der Waals surface area contributed by atoms with E-state index >= 15 is 0 Å². The van der Waals surface area contributed by atoms with Gasteiger partial charge in [0.1, 0.15) is 0 Å². The number of ether oxygens (including phenoxy) is 1. The number of nitrogens with one attached hydrogen (secondary N) is 1. The Morgan fingerprint density at radius 1 is 1.69 bits per heavy atom. The Morgan fingerprint density at radius 3 is 2.75 bits per heavy atom. The lowest BCUT2D eigenvalue weighted by atomic mass is 10.0. The van der Waals surface area contributed by atoms with Crippen molar-refractivity contribution in [1.82, 2.24) is 15.2 Å². The van der Waals surface area contributed by atoms with E-state index in [1.807, 2.05) is 11.7 Å².